The quantitative estimate of drug-likeness (QED) is 0.0738. The summed E-state index contributed by atoms with van der Waals surface area (Å²) in [5.74, 6) is -0.303. The van der Waals surface area contributed by atoms with Crippen LogP contribution < -0.4 is 21.4 Å². The molecule has 8 atom stereocenters. The van der Waals surface area contributed by atoms with Crippen LogP contribution in [0, 0.1) is 39.2 Å². The zero-order valence-corrected chi connectivity index (χ0v) is 29.9. The van der Waals surface area contributed by atoms with E-state index in [-0.39, 0.29) is 35.8 Å². The van der Waals surface area contributed by atoms with Crippen LogP contribution in [-0.4, -0.2) is 95.3 Å². The summed E-state index contributed by atoms with van der Waals surface area (Å²) in [6.45, 7) is 17.5. The number of ether oxygens (including phenoxy) is 1. The summed E-state index contributed by atoms with van der Waals surface area (Å²) < 4.78 is 18.8. The maximum Gasteiger partial charge on any atom is 0.481 e. The van der Waals surface area contributed by atoms with E-state index in [1.807, 2.05) is 0 Å². The van der Waals surface area contributed by atoms with Crippen LogP contribution in [0.5, 0.6) is 0 Å². The summed E-state index contributed by atoms with van der Waals surface area (Å²) in [7, 11) is -0.602. The van der Waals surface area contributed by atoms with Gasteiger partial charge in [-0.25, -0.2) is 14.9 Å². The predicted octanol–water partition coefficient (Wildman–Crippen LogP) is 2.58. The average Bonchev–Trinajstić information content (AvgIpc) is 3.68. The number of nitrogens with zero attached hydrogens (tertiary/aromatic N) is 3. The van der Waals surface area contributed by atoms with Gasteiger partial charge in [0.1, 0.15) is 11.6 Å². The second kappa shape index (κ2) is 13.9. The number of likely N-dealkylation sites (tertiary alicyclic amines) is 1. The Labute approximate surface area is 284 Å². The molecule has 2 unspecified atom stereocenters. The Kier molecular flexibility index (Phi) is 10.6. The molecule has 0 spiro atoms. The average molecular weight is 678 g/mol. The van der Waals surface area contributed by atoms with Crippen LogP contribution in [-0.2, 0) is 23.6 Å². The molecule has 270 valence electrons. The predicted molar refractivity (Wildman–Crippen MR) is 177 cm³/mol. The zero-order chi connectivity index (χ0) is 35.2. The second-order valence-corrected chi connectivity index (χ2v) is 16.6. The van der Waals surface area contributed by atoms with Crippen LogP contribution in [0.4, 0.5) is 4.79 Å². The molecule has 3 saturated heterocycles. The molecule has 15 nitrogen and oxygen atoms in total. The van der Waals surface area contributed by atoms with Gasteiger partial charge in [-0.1, -0.05) is 27.7 Å². The molecule has 6 aliphatic rings. The minimum atomic E-state index is -0.865. The number of carbonyl (C=O) groups is 3. The molecule has 0 radical (unpaired) electrons. The fourth-order valence-corrected chi connectivity index (χ4v) is 8.25. The lowest BCUT2D eigenvalue weighted by molar-refractivity contribution is -0.627. The SMILES string of the molecule is CC(C)C[C@H](NC(=O)[C@H](CCCNC1NN1[N+](=O)[O-])NC(=O)C1CCCN(C(=O)OC(C)(C)C)C1)B1O[C@@H]2C[C@@H]3C[C@@H](C3(C)C)[C@]2(C)O1. The van der Waals surface area contributed by atoms with Crippen LogP contribution in [0.3, 0.4) is 0 Å². The van der Waals surface area contributed by atoms with Crippen molar-refractivity contribution in [1.29, 1.82) is 0 Å². The molecule has 3 heterocycles. The van der Waals surface area contributed by atoms with Crippen LogP contribution in [0.25, 0.3) is 0 Å². The topological polar surface area (TPSA) is 186 Å². The molecular formula is C32H56BN7O8. The molecule has 4 N–H and O–H groups in total. The Balaban J connectivity index is 1.24. The van der Waals surface area contributed by atoms with Gasteiger partial charge >= 0.3 is 13.2 Å². The van der Waals surface area contributed by atoms with Crippen molar-refractivity contribution in [2.75, 3.05) is 19.6 Å². The third-order valence-corrected chi connectivity index (χ3v) is 11.0. The van der Waals surface area contributed by atoms with Crippen molar-refractivity contribution in [1.82, 2.24) is 31.4 Å². The van der Waals surface area contributed by atoms with Crippen LogP contribution >= 0.6 is 0 Å². The molecule has 3 saturated carbocycles. The smallest absolute Gasteiger partial charge is 0.444 e. The van der Waals surface area contributed by atoms with Gasteiger partial charge in [-0.15, -0.1) is 5.43 Å². The number of hydrogen-bond donors (Lipinski definition) is 4. The first-order chi connectivity index (χ1) is 22.4. The van der Waals surface area contributed by atoms with Gasteiger partial charge in [0.15, 0.2) is 5.03 Å². The first-order valence-corrected chi connectivity index (χ1v) is 17.7. The lowest BCUT2D eigenvalue weighted by atomic mass is 9.43. The Morgan fingerprint density at radius 2 is 1.90 bits per heavy atom. The van der Waals surface area contributed by atoms with Crippen molar-refractivity contribution in [3.8, 4) is 0 Å². The van der Waals surface area contributed by atoms with Gasteiger partial charge < -0.3 is 29.6 Å². The molecule has 3 aliphatic heterocycles. The number of rotatable bonds is 13. The van der Waals surface area contributed by atoms with E-state index >= 15 is 0 Å². The standard InChI is InChI=1S/C32H56BN7O8/c1-19(2)15-25(33-47-24-17-21-16-23(31(21,6)7)32(24,8)48-33)36-27(42)22(12-9-13-34-28-37-39(28)40(44)45)35-26(41)20-11-10-14-38(18-20)29(43)46-30(3,4)5/h19-25,28,34,37H,9-18H2,1-8H3,(H,35,41)(H,36,42)/t20?,21-,22-,23-,24+,25-,28?,32-,39?/m0/s1. The fraction of sp³-hybridized carbons (Fsp3) is 0.906. The number of amides is 3. The van der Waals surface area contributed by atoms with Crippen molar-refractivity contribution in [3.63, 3.8) is 0 Å². The molecule has 3 amide bonds. The molecule has 6 fully saturated rings. The molecule has 2 bridgehead atoms. The molecule has 16 heteroatoms. The van der Waals surface area contributed by atoms with Crippen molar-refractivity contribution >= 4 is 25.0 Å². The van der Waals surface area contributed by atoms with Gasteiger partial charge in [-0.3, -0.25) is 14.9 Å². The maximum absolute atomic E-state index is 14.0. The molecule has 6 rings (SSSR count). The van der Waals surface area contributed by atoms with Crippen molar-refractivity contribution in [2.45, 2.75) is 136 Å². The highest BCUT2D eigenvalue weighted by atomic mass is 16.7. The third kappa shape index (κ3) is 8.02. The first-order valence-electron chi connectivity index (χ1n) is 17.7. The van der Waals surface area contributed by atoms with E-state index in [2.05, 4.69) is 56.0 Å². The highest BCUT2D eigenvalue weighted by molar-refractivity contribution is 6.48. The van der Waals surface area contributed by atoms with Gasteiger partial charge in [0, 0.05) is 13.1 Å². The Morgan fingerprint density at radius 1 is 1.17 bits per heavy atom. The zero-order valence-electron chi connectivity index (χ0n) is 29.9. The Bertz CT molecular complexity index is 1230. The third-order valence-electron chi connectivity index (χ3n) is 11.0. The summed E-state index contributed by atoms with van der Waals surface area (Å²) in [5.41, 5.74) is 1.71. The van der Waals surface area contributed by atoms with E-state index in [1.54, 1.807) is 25.7 Å². The van der Waals surface area contributed by atoms with Crippen LogP contribution in [0.1, 0.15) is 100 Å². The fourth-order valence-electron chi connectivity index (χ4n) is 8.25. The lowest BCUT2D eigenvalue weighted by Gasteiger charge is -2.64. The summed E-state index contributed by atoms with van der Waals surface area (Å²) in [4.78, 5) is 52.9. The highest BCUT2D eigenvalue weighted by Crippen LogP contribution is 2.65. The minimum absolute atomic E-state index is 0.0265. The van der Waals surface area contributed by atoms with Gasteiger partial charge in [0.25, 0.3) is 0 Å². The van der Waals surface area contributed by atoms with E-state index < -0.39 is 53.6 Å². The number of nitro groups is 1. The first kappa shape index (κ1) is 36.6. The number of nitrogens with one attached hydrogen (secondary N) is 4. The minimum Gasteiger partial charge on any atom is -0.444 e. The molecule has 0 aromatic carbocycles. The van der Waals surface area contributed by atoms with E-state index in [0.717, 1.165) is 18.0 Å². The largest absolute Gasteiger partial charge is 0.481 e. The molecule has 0 aromatic heterocycles. The van der Waals surface area contributed by atoms with E-state index in [9.17, 15) is 24.5 Å². The maximum atomic E-state index is 14.0. The number of hydrazine groups is 2. The van der Waals surface area contributed by atoms with E-state index in [0.29, 0.717) is 57.0 Å². The number of hydrogen-bond acceptors (Lipinski definition) is 10. The van der Waals surface area contributed by atoms with Crippen LogP contribution in [0.2, 0.25) is 0 Å². The van der Waals surface area contributed by atoms with Gasteiger partial charge in [0.05, 0.1) is 23.6 Å². The summed E-state index contributed by atoms with van der Waals surface area (Å²) in [5, 5.41) is 20.4. The van der Waals surface area contributed by atoms with E-state index in [1.165, 1.54) is 0 Å². The van der Waals surface area contributed by atoms with Crippen molar-refractivity contribution in [2.24, 2.45) is 29.1 Å². The second-order valence-electron chi connectivity index (χ2n) is 16.6. The lowest BCUT2D eigenvalue weighted by Crippen LogP contribution is -2.65. The van der Waals surface area contributed by atoms with E-state index in [4.69, 9.17) is 14.0 Å². The molecule has 3 aliphatic carbocycles. The molecule has 0 aromatic rings. The van der Waals surface area contributed by atoms with Gasteiger partial charge in [0.2, 0.25) is 18.1 Å². The van der Waals surface area contributed by atoms with Crippen molar-refractivity contribution < 1.29 is 33.5 Å². The van der Waals surface area contributed by atoms with Crippen molar-refractivity contribution in [3.05, 3.63) is 10.1 Å². The normalized spacial score (nSPS) is 31.8. The number of carbonyl (C=O) groups excluding carboxylic acids is 3. The summed E-state index contributed by atoms with van der Waals surface area (Å²) >= 11 is 0. The molecular weight excluding hydrogens is 621 g/mol. The summed E-state index contributed by atoms with van der Waals surface area (Å²) in [6.07, 6.45) is 3.65. The van der Waals surface area contributed by atoms with Gasteiger partial charge in [-0.05, 0) is 107 Å². The Hall–Kier alpha value is -2.69. The summed E-state index contributed by atoms with van der Waals surface area (Å²) in [6, 6.07) is -0.865. The van der Waals surface area contributed by atoms with Crippen LogP contribution in [0.15, 0.2) is 0 Å². The number of piperidine rings is 1. The monoisotopic (exact) mass is 677 g/mol. The highest BCUT2D eigenvalue weighted by Gasteiger charge is 2.68. The molecule has 48 heavy (non-hydrogen) atoms. The Morgan fingerprint density at radius 3 is 2.52 bits per heavy atom. The van der Waals surface area contributed by atoms with Gasteiger partial charge in [-0.2, -0.15) is 0 Å².